The van der Waals surface area contributed by atoms with Gasteiger partial charge in [0.05, 0.1) is 6.07 Å². The molecule has 1 N–H and O–H groups in total. The van der Waals surface area contributed by atoms with Gasteiger partial charge in [0.2, 0.25) is 0 Å². The Bertz CT molecular complexity index is 460. The summed E-state index contributed by atoms with van der Waals surface area (Å²) in [5.41, 5.74) is -0.0839. The smallest absolute Gasteiger partial charge is 0.126 e. The molecule has 0 aliphatic heterocycles. The molecule has 1 unspecified atom stereocenters. The third-order valence-electron chi connectivity index (χ3n) is 3.88. The van der Waals surface area contributed by atoms with Gasteiger partial charge in [-0.1, -0.05) is 37.5 Å². The molecule has 2 nitrogen and oxygen atoms in total. The number of hydrogen-bond donors (Lipinski definition) is 1. The lowest BCUT2D eigenvalue weighted by Crippen LogP contribution is -2.49. The van der Waals surface area contributed by atoms with Gasteiger partial charge in [-0.2, -0.15) is 5.26 Å². The van der Waals surface area contributed by atoms with Crippen LogP contribution in [-0.2, 0) is 6.42 Å². The second-order valence-corrected chi connectivity index (χ2v) is 5.69. The van der Waals surface area contributed by atoms with Crippen molar-refractivity contribution in [2.75, 3.05) is 0 Å². The number of benzene rings is 1. The van der Waals surface area contributed by atoms with Gasteiger partial charge in [-0.05, 0) is 31.4 Å². The van der Waals surface area contributed by atoms with Gasteiger partial charge >= 0.3 is 0 Å². The standard InChI is InChI=1S/C16H21FN2/c1-16(12-18,19-14-8-3-2-4-9-14)11-13-7-5-6-10-15(13)17/h5-7,10,14,19H,2-4,8-9,11H2,1H3. The first-order valence-corrected chi connectivity index (χ1v) is 7.05. The number of rotatable bonds is 4. The van der Waals surface area contributed by atoms with Crippen LogP contribution in [0.5, 0.6) is 0 Å². The van der Waals surface area contributed by atoms with Gasteiger partial charge in [-0.15, -0.1) is 0 Å². The highest BCUT2D eigenvalue weighted by molar-refractivity contribution is 5.23. The fraction of sp³-hybridized carbons (Fsp3) is 0.562. The number of nitrogens with one attached hydrogen (secondary N) is 1. The molecule has 0 bridgehead atoms. The zero-order chi connectivity index (χ0) is 13.7. The summed E-state index contributed by atoms with van der Waals surface area (Å²) in [5, 5.41) is 12.9. The Morgan fingerprint density at radius 2 is 2.00 bits per heavy atom. The molecule has 1 atom stereocenters. The molecule has 102 valence electrons. The molecule has 0 radical (unpaired) electrons. The Morgan fingerprint density at radius 3 is 2.63 bits per heavy atom. The van der Waals surface area contributed by atoms with Crippen molar-refractivity contribution < 1.29 is 4.39 Å². The molecule has 19 heavy (non-hydrogen) atoms. The topological polar surface area (TPSA) is 35.8 Å². The average molecular weight is 260 g/mol. The molecule has 0 aromatic heterocycles. The molecule has 3 heteroatoms. The SMILES string of the molecule is CC(C#N)(Cc1ccccc1F)NC1CCCCC1. The van der Waals surface area contributed by atoms with E-state index in [1.807, 2.05) is 13.0 Å². The maximum atomic E-state index is 13.7. The second-order valence-electron chi connectivity index (χ2n) is 5.69. The second kappa shape index (κ2) is 6.16. The minimum absolute atomic E-state index is 0.227. The fourth-order valence-electron chi connectivity index (χ4n) is 2.84. The van der Waals surface area contributed by atoms with Crippen LogP contribution in [0.3, 0.4) is 0 Å². The first-order valence-electron chi connectivity index (χ1n) is 7.05. The molecule has 2 rings (SSSR count). The van der Waals surface area contributed by atoms with Gasteiger partial charge in [-0.25, -0.2) is 4.39 Å². The van der Waals surface area contributed by atoms with Crippen molar-refractivity contribution in [3.05, 3.63) is 35.6 Å². The van der Waals surface area contributed by atoms with E-state index in [1.54, 1.807) is 12.1 Å². The summed E-state index contributed by atoms with van der Waals surface area (Å²) >= 11 is 0. The molecule has 0 amide bonds. The lowest BCUT2D eigenvalue weighted by molar-refractivity contribution is 0.304. The minimum Gasteiger partial charge on any atom is -0.297 e. The van der Waals surface area contributed by atoms with Crippen LogP contribution in [-0.4, -0.2) is 11.6 Å². The maximum absolute atomic E-state index is 13.7. The Kier molecular flexibility index (Phi) is 4.55. The number of hydrogen-bond acceptors (Lipinski definition) is 2. The summed E-state index contributed by atoms with van der Waals surface area (Å²) in [5.74, 6) is -0.227. The van der Waals surface area contributed by atoms with Crippen LogP contribution in [0.1, 0.15) is 44.6 Å². The van der Waals surface area contributed by atoms with E-state index in [1.165, 1.54) is 25.3 Å². The van der Waals surface area contributed by atoms with Crippen LogP contribution in [0.15, 0.2) is 24.3 Å². The van der Waals surface area contributed by atoms with Gasteiger partial charge in [0, 0.05) is 12.5 Å². The normalized spacial score (nSPS) is 19.6. The largest absolute Gasteiger partial charge is 0.297 e. The predicted molar refractivity (Wildman–Crippen MR) is 74.1 cm³/mol. The summed E-state index contributed by atoms with van der Waals surface area (Å²) < 4.78 is 13.7. The summed E-state index contributed by atoms with van der Waals surface area (Å²) in [6, 6.07) is 9.42. The van der Waals surface area contributed by atoms with E-state index in [2.05, 4.69) is 11.4 Å². The number of nitriles is 1. The quantitative estimate of drug-likeness (QED) is 0.898. The van der Waals surface area contributed by atoms with Gasteiger partial charge in [0.25, 0.3) is 0 Å². The highest BCUT2D eigenvalue weighted by atomic mass is 19.1. The molecular weight excluding hydrogens is 239 g/mol. The monoisotopic (exact) mass is 260 g/mol. The van der Waals surface area contributed by atoms with E-state index in [9.17, 15) is 9.65 Å². The van der Waals surface area contributed by atoms with Gasteiger partial charge < -0.3 is 0 Å². The lowest BCUT2D eigenvalue weighted by atomic mass is 9.89. The third-order valence-corrected chi connectivity index (χ3v) is 3.88. The van der Waals surface area contributed by atoms with Crippen LogP contribution in [0, 0.1) is 17.1 Å². The van der Waals surface area contributed by atoms with Crippen LogP contribution >= 0.6 is 0 Å². The van der Waals surface area contributed by atoms with E-state index >= 15 is 0 Å². The number of halogens is 1. The highest BCUT2D eigenvalue weighted by Gasteiger charge is 2.29. The van der Waals surface area contributed by atoms with Gasteiger partial charge in [0.1, 0.15) is 11.4 Å². The molecule has 1 aromatic carbocycles. The van der Waals surface area contributed by atoms with Crippen molar-refractivity contribution in [3.8, 4) is 6.07 Å². The van der Waals surface area contributed by atoms with E-state index in [0.717, 1.165) is 12.8 Å². The predicted octanol–water partition coefficient (Wildman–Crippen LogP) is 3.57. The summed E-state index contributed by atoms with van der Waals surface area (Å²) in [6.07, 6.45) is 6.38. The number of nitrogens with zero attached hydrogens (tertiary/aromatic N) is 1. The minimum atomic E-state index is -0.690. The zero-order valence-electron chi connectivity index (χ0n) is 11.5. The van der Waals surface area contributed by atoms with Crippen LogP contribution in [0.2, 0.25) is 0 Å². The molecule has 0 saturated heterocycles. The molecule has 0 heterocycles. The Morgan fingerprint density at radius 1 is 1.32 bits per heavy atom. The highest BCUT2D eigenvalue weighted by Crippen LogP contribution is 2.22. The van der Waals surface area contributed by atoms with Crippen LogP contribution in [0.25, 0.3) is 0 Å². The first-order chi connectivity index (χ1) is 9.13. The Labute approximate surface area is 114 Å². The van der Waals surface area contributed by atoms with E-state index in [4.69, 9.17) is 0 Å². The van der Waals surface area contributed by atoms with E-state index in [0.29, 0.717) is 18.0 Å². The van der Waals surface area contributed by atoms with Crippen molar-refractivity contribution in [1.82, 2.24) is 5.32 Å². The molecule has 0 spiro atoms. The van der Waals surface area contributed by atoms with E-state index in [-0.39, 0.29) is 5.82 Å². The van der Waals surface area contributed by atoms with Crippen molar-refractivity contribution >= 4 is 0 Å². The maximum Gasteiger partial charge on any atom is 0.126 e. The van der Waals surface area contributed by atoms with E-state index < -0.39 is 5.54 Å². The lowest BCUT2D eigenvalue weighted by Gasteiger charge is -2.32. The van der Waals surface area contributed by atoms with Gasteiger partial charge in [-0.3, -0.25) is 5.32 Å². The molecule has 1 aliphatic carbocycles. The van der Waals surface area contributed by atoms with Gasteiger partial charge in [0.15, 0.2) is 0 Å². The summed E-state index contributed by atoms with van der Waals surface area (Å²) in [6.45, 7) is 1.87. The molecular formula is C16H21FN2. The third kappa shape index (κ3) is 3.78. The Hall–Kier alpha value is -1.40. The van der Waals surface area contributed by atoms with Crippen molar-refractivity contribution in [2.45, 2.75) is 57.0 Å². The van der Waals surface area contributed by atoms with Crippen LogP contribution < -0.4 is 5.32 Å². The zero-order valence-corrected chi connectivity index (χ0v) is 11.5. The fourth-order valence-corrected chi connectivity index (χ4v) is 2.84. The van der Waals surface area contributed by atoms with Crippen molar-refractivity contribution in [3.63, 3.8) is 0 Å². The summed E-state index contributed by atoms with van der Waals surface area (Å²) in [4.78, 5) is 0. The van der Waals surface area contributed by atoms with Crippen molar-refractivity contribution in [2.24, 2.45) is 0 Å². The Balaban J connectivity index is 2.05. The average Bonchev–Trinajstić information content (AvgIpc) is 2.42. The molecule has 1 saturated carbocycles. The first kappa shape index (κ1) is 14.0. The molecule has 1 aliphatic rings. The molecule has 1 fully saturated rings. The summed E-state index contributed by atoms with van der Waals surface area (Å²) in [7, 11) is 0. The van der Waals surface area contributed by atoms with Crippen LogP contribution in [0.4, 0.5) is 4.39 Å². The molecule has 1 aromatic rings. The van der Waals surface area contributed by atoms with Crippen molar-refractivity contribution in [1.29, 1.82) is 5.26 Å².